The molecule has 2 aliphatic heterocycles. The van der Waals surface area contributed by atoms with E-state index >= 15 is 0 Å². The highest BCUT2D eigenvalue weighted by Gasteiger charge is 2.24. The number of likely N-dealkylation sites (N-methyl/N-ethyl adjacent to an activating group) is 1. The summed E-state index contributed by atoms with van der Waals surface area (Å²) in [5.41, 5.74) is 8.04. The van der Waals surface area contributed by atoms with E-state index in [2.05, 4.69) is 53.6 Å². The van der Waals surface area contributed by atoms with Crippen LogP contribution in [0.1, 0.15) is 44.8 Å². The number of carbonyl (C=O) groups is 2. The van der Waals surface area contributed by atoms with Gasteiger partial charge in [-0.3, -0.25) is 24.6 Å². The van der Waals surface area contributed by atoms with Crippen molar-refractivity contribution in [1.82, 2.24) is 34.1 Å². The third-order valence-electron chi connectivity index (χ3n) is 8.63. The van der Waals surface area contributed by atoms with Crippen LogP contribution in [0.3, 0.4) is 0 Å². The van der Waals surface area contributed by atoms with Crippen LogP contribution in [0.5, 0.6) is 0 Å². The van der Waals surface area contributed by atoms with Crippen LogP contribution in [0.2, 0.25) is 0 Å². The summed E-state index contributed by atoms with van der Waals surface area (Å²) in [6, 6.07) is 17.7. The monoisotopic (exact) mass is 574 g/mol. The second-order valence-corrected chi connectivity index (χ2v) is 11.7. The van der Waals surface area contributed by atoms with Gasteiger partial charge in [-0.15, -0.1) is 0 Å². The third-order valence-corrected chi connectivity index (χ3v) is 8.63. The van der Waals surface area contributed by atoms with Gasteiger partial charge in [0.15, 0.2) is 0 Å². The Bertz CT molecular complexity index is 1900. The number of pyridine rings is 1. The molecule has 7 rings (SSSR count). The number of aryl methyl sites for hydroxylation is 2. The molecule has 0 radical (unpaired) electrons. The summed E-state index contributed by atoms with van der Waals surface area (Å²) < 4.78 is 3.89. The molecule has 2 aliphatic rings. The van der Waals surface area contributed by atoms with Crippen molar-refractivity contribution in [2.75, 3.05) is 38.5 Å². The van der Waals surface area contributed by atoms with Crippen molar-refractivity contribution in [1.29, 1.82) is 0 Å². The van der Waals surface area contributed by atoms with Crippen molar-refractivity contribution in [3.05, 3.63) is 83.2 Å². The summed E-state index contributed by atoms with van der Waals surface area (Å²) in [6.07, 6.45) is 1.81. The highest BCUT2D eigenvalue weighted by atomic mass is 16.2. The van der Waals surface area contributed by atoms with Crippen molar-refractivity contribution in [2.45, 2.75) is 26.3 Å². The van der Waals surface area contributed by atoms with Crippen LogP contribution in [-0.4, -0.2) is 79.2 Å². The number of hydrogen-bond acceptors (Lipinski definition) is 6. The maximum absolute atomic E-state index is 13.7. The Morgan fingerprint density at radius 3 is 2.58 bits per heavy atom. The minimum absolute atomic E-state index is 0.0167. The number of nitrogens with zero attached hydrogens (tertiary/aromatic N) is 7. The Hall–Kier alpha value is -4.83. The number of anilines is 1. The minimum atomic E-state index is -0.272. The molecule has 0 aliphatic carbocycles. The molecule has 10 heteroatoms. The maximum atomic E-state index is 13.7. The maximum Gasteiger partial charge on any atom is 0.258 e. The van der Waals surface area contributed by atoms with Crippen LogP contribution < -0.4 is 5.32 Å². The molecule has 5 aromatic rings. The zero-order valence-electron chi connectivity index (χ0n) is 24.8. The molecule has 2 amide bonds. The van der Waals surface area contributed by atoms with Gasteiger partial charge in [-0.2, -0.15) is 5.10 Å². The van der Waals surface area contributed by atoms with E-state index in [0.717, 1.165) is 52.2 Å². The molecule has 1 unspecified atom stereocenters. The lowest BCUT2D eigenvalue weighted by molar-refractivity contribution is 0.0664. The van der Waals surface area contributed by atoms with E-state index in [4.69, 9.17) is 9.97 Å². The van der Waals surface area contributed by atoms with Gasteiger partial charge in [0.25, 0.3) is 11.8 Å². The van der Waals surface area contributed by atoms with Gasteiger partial charge < -0.3 is 14.4 Å². The van der Waals surface area contributed by atoms with Gasteiger partial charge in [0, 0.05) is 67.7 Å². The molecule has 1 saturated heterocycles. The van der Waals surface area contributed by atoms with E-state index in [-0.39, 0.29) is 17.7 Å². The van der Waals surface area contributed by atoms with Crippen LogP contribution in [0, 0.1) is 6.92 Å². The number of piperazine rings is 1. The van der Waals surface area contributed by atoms with Crippen molar-refractivity contribution in [2.24, 2.45) is 7.05 Å². The molecule has 43 heavy (non-hydrogen) atoms. The number of imidazole rings is 1. The van der Waals surface area contributed by atoms with Gasteiger partial charge in [-0.05, 0) is 61.9 Å². The number of hydrogen-bond donors (Lipinski definition) is 1. The molecule has 1 N–H and O–H groups in total. The topological polar surface area (TPSA) is 101 Å². The number of amides is 2. The number of aromatic nitrogens is 5. The summed E-state index contributed by atoms with van der Waals surface area (Å²) in [5.74, 6) is 0.263. The van der Waals surface area contributed by atoms with E-state index in [1.807, 2.05) is 46.3 Å². The number of nitrogens with one attached hydrogen (secondary N) is 1. The molecule has 218 valence electrons. The zero-order valence-corrected chi connectivity index (χ0v) is 24.8. The zero-order chi connectivity index (χ0) is 29.8. The first kappa shape index (κ1) is 27.0. The van der Waals surface area contributed by atoms with E-state index < -0.39 is 0 Å². The van der Waals surface area contributed by atoms with Gasteiger partial charge in [-0.1, -0.05) is 25.1 Å². The van der Waals surface area contributed by atoms with E-state index in [1.165, 1.54) is 0 Å². The Morgan fingerprint density at radius 2 is 1.77 bits per heavy atom. The van der Waals surface area contributed by atoms with Crippen LogP contribution >= 0.6 is 0 Å². The molecule has 0 spiro atoms. The summed E-state index contributed by atoms with van der Waals surface area (Å²) in [4.78, 5) is 41.0. The second kappa shape index (κ2) is 10.5. The summed E-state index contributed by atoms with van der Waals surface area (Å²) in [6.45, 7) is 7.72. The lowest BCUT2D eigenvalue weighted by Crippen LogP contribution is -2.47. The first-order valence-corrected chi connectivity index (χ1v) is 14.7. The summed E-state index contributed by atoms with van der Waals surface area (Å²) >= 11 is 0. The standard InChI is InChI=1S/C33H34N8O2/c1-20-19-41-29-17-24(32(43)40-12-10-38(3)11-13-40)8-9-27(29)36-33(41)37-31(42)25-14-21(2)35-28(16-25)26-18-34-39(4)30(26)23-7-5-6-22(20)15-23/h5-9,14-18,20H,10-13,19H2,1-4H3,(H,36,37,42). The first-order valence-electron chi connectivity index (χ1n) is 14.7. The van der Waals surface area contributed by atoms with Gasteiger partial charge >= 0.3 is 0 Å². The lowest BCUT2D eigenvalue weighted by Gasteiger charge is -2.32. The molecular formula is C33H34N8O2. The minimum Gasteiger partial charge on any atom is -0.336 e. The highest BCUT2D eigenvalue weighted by molar-refractivity contribution is 6.05. The van der Waals surface area contributed by atoms with Gasteiger partial charge in [-0.25, -0.2) is 4.98 Å². The highest BCUT2D eigenvalue weighted by Crippen LogP contribution is 2.34. The van der Waals surface area contributed by atoms with Crippen molar-refractivity contribution in [3.8, 4) is 22.5 Å². The summed E-state index contributed by atoms with van der Waals surface area (Å²) in [5, 5.41) is 7.62. The Morgan fingerprint density at radius 1 is 0.953 bits per heavy atom. The molecule has 10 nitrogen and oxygen atoms in total. The Balaban J connectivity index is 1.37. The molecule has 4 bridgehead atoms. The smallest absolute Gasteiger partial charge is 0.258 e. The van der Waals surface area contributed by atoms with Crippen molar-refractivity contribution in [3.63, 3.8) is 0 Å². The molecule has 2 aromatic carbocycles. The first-order chi connectivity index (χ1) is 20.7. The predicted molar refractivity (Wildman–Crippen MR) is 166 cm³/mol. The molecule has 5 heterocycles. The third kappa shape index (κ3) is 4.87. The normalized spacial score (nSPS) is 17.3. The quantitative estimate of drug-likeness (QED) is 0.315. The molecule has 0 saturated carbocycles. The average Bonchev–Trinajstić information content (AvgIpc) is 3.55. The largest absolute Gasteiger partial charge is 0.336 e. The van der Waals surface area contributed by atoms with Gasteiger partial charge in [0.1, 0.15) is 0 Å². The van der Waals surface area contributed by atoms with E-state index in [0.29, 0.717) is 42.4 Å². The number of fused-ring (bicyclic) bond motifs is 10. The Kier molecular flexibility index (Phi) is 6.58. The fourth-order valence-corrected chi connectivity index (χ4v) is 6.18. The Labute approximate surface area is 250 Å². The van der Waals surface area contributed by atoms with Crippen molar-refractivity contribution < 1.29 is 9.59 Å². The fourth-order valence-electron chi connectivity index (χ4n) is 6.18. The molecular weight excluding hydrogens is 540 g/mol. The van der Waals surface area contributed by atoms with Gasteiger partial charge in [0.05, 0.1) is 28.6 Å². The predicted octanol–water partition coefficient (Wildman–Crippen LogP) is 4.56. The van der Waals surface area contributed by atoms with Crippen LogP contribution in [-0.2, 0) is 13.6 Å². The molecule has 3 aromatic heterocycles. The number of carbonyl (C=O) groups excluding carboxylic acids is 2. The average molecular weight is 575 g/mol. The van der Waals surface area contributed by atoms with Crippen LogP contribution in [0.4, 0.5) is 5.95 Å². The SMILES string of the molecule is Cc1cc2cc(n1)-c1cnn(C)c1-c1cccc(c1)C(C)Cn1c(nc3ccc(C(=O)N4CCN(C)CC4)cc31)NC2=O. The number of rotatable bonds is 1. The van der Waals surface area contributed by atoms with Crippen LogP contribution in [0.15, 0.2) is 60.8 Å². The van der Waals surface area contributed by atoms with E-state index in [9.17, 15) is 9.59 Å². The second-order valence-electron chi connectivity index (χ2n) is 11.7. The van der Waals surface area contributed by atoms with Crippen LogP contribution in [0.25, 0.3) is 33.5 Å². The molecule has 1 atom stereocenters. The summed E-state index contributed by atoms with van der Waals surface area (Å²) in [7, 11) is 4.00. The fraction of sp³-hybridized carbons (Fsp3) is 0.303. The van der Waals surface area contributed by atoms with E-state index in [1.54, 1.807) is 18.3 Å². The number of benzene rings is 2. The van der Waals surface area contributed by atoms with Gasteiger partial charge in [0.2, 0.25) is 5.95 Å². The molecule has 1 fully saturated rings. The van der Waals surface area contributed by atoms with Crippen molar-refractivity contribution >= 4 is 28.8 Å². The lowest BCUT2D eigenvalue weighted by atomic mass is 9.96.